The Morgan fingerprint density at radius 2 is 2.32 bits per heavy atom. The van der Waals surface area contributed by atoms with Gasteiger partial charge in [0.2, 0.25) is 0 Å². The summed E-state index contributed by atoms with van der Waals surface area (Å²) in [5.41, 5.74) is 0.0788. The number of rotatable bonds is 4. The molecule has 8 nitrogen and oxygen atoms in total. The van der Waals surface area contributed by atoms with Crippen LogP contribution >= 0.6 is 0 Å². The van der Waals surface area contributed by atoms with Crippen molar-refractivity contribution in [2.24, 2.45) is 5.92 Å². The van der Waals surface area contributed by atoms with Gasteiger partial charge in [-0.15, -0.1) is 0 Å². The van der Waals surface area contributed by atoms with Gasteiger partial charge in [0, 0.05) is 19.0 Å². The quantitative estimate of drug-likeness (QED) is 0.506. The number of pyridine rings is 1. The number of carbonyl (C=O) groups is 1. The predicted molar refractivity (Wildman–Crippen MR) is 75.5 cm³/mol. The van der Waals surface area contributed by atoms with Crippen molar-refractivity contribution in [3.8, 4) is 0 Å². The third-order valence-electron chi connectivity index (χ3n) is 3.32. The van der Waals surface area contributed by atoms with E-state index in [9.17, 15) is 20.0 Å². The number of aromatic nitrogens is 1. The van der Waals surface area contributed by atoms with E-state index in [1.165, 1.54) is 19.2 Å². The second kappa shape index (κ2) is 6.52. The number of nitrogens with zero attached hydrogens (tertiary/aromatic N) is 2. The highest BCUT2D eigenvalue weighted by Gasteiger charge is 2.36. The van der Waals surface area contributed by atoms with Crippen molar-refractivity contribution in [1.82, 2.24) is 4.98 Å². The summed E-state index contributed by atoms with van der Waals surface area (Å²) in [6.07, 6.45) is 2.76. The number of ether oxygens (including phenoxy) is 2. The second-order valence-corrected chi connectivity index (χ2v) is 4.95. The number of esters is 1. The highest BCUT2D eigenvalue weighted by atomic mass is 16.6. The topological polar surface area (TPSA) is 112 Å². The van der Waals surface area contributed by atoms with Crippen molar-refractivity contribution in [1.29, 1.82) is 0 Å². The Hall–Kier alpha value is -2.48. The Labute approximate surface area is 126 Å². The highest BCUT2D eigenvalue weighted by Crippen LogP contribution is 2.34. The van der Waals surface area contributed by atoms with Crippen molar-refractivity contribution in [3.63, 3.8) is 0 Å². The fourth-order valence-electron chi connectivity index (χ4n) is 2.35. The summed E-state index contributed by atoms with van der Waals surface area (Å²) in [7, 11) is 0. The summed E-state index contributed by atoms with van der Waals surface area (Å²) >= 11 is 0. The Balaban J connectivity index is 2.38. The van der Waals surface area contributed by atoms with Gasteiger partial charge in [-0.25, -0.2) is 0 Å². The Bertz CT molecular complexity index is 615. The molecular weight excluding hydrogens is 292 g/mol. The smallest absolute Gasteiger partial charge is 0.303 e. The van der Waals surface area contributed by atoms with E-state index in [4.69, 9.17) is 9.47 Å². The van der Waals surface area contributed by atoms with Crippen molar-refractivity contribution in [3.05, 3.63) is 40.2 Å². The number of hydrogen-bond acceptors (Lipinski definition) is 7. The fourth-order valence-corrected chi connectivity index (χ4v) is 2.35. The molecule has 22 heavy (non-hydrogen) atoms. The van der Waals surface area contributed by atoms with Crippen LogP contribution in [0.1, 0.15) is 19.4 Å². The maximum Gasteiger partial charge on any atom is 0.303 e. The molecule has 0 saturated carbocycles. The molecule has 0 saturated heterocycles. The molecule has 0 unspecified atom stereocenters. The number of aliphatic hydroxyl groups is 1. The van der Waals surface area contributed by atoms with E-state index < -0.39 is 23.1 Å². The minimum atomic E-state index is -0.785. The first-order chi connectivity index (χ1) is 10.4. The molecule has 1 N–H and O–H groups in total. The van der Waals surface area contributed by atoms with Crippen molar-refractivity contribution in [2.75, 3.05) is 6.61 Å². The van der Waals surface area contributed by atoms with Gasteiger partial charge < -0.3 is 14.6 Å². The van der Waals surface area contributed by atoms with Gasteiger partial charge in [0.15, 0.2) is 6.10 Å². The zero-order valence-corrected chi connectivity index (χ0v) is 12.1. The van der Waals surface area contributed by atoms with Crippen LogP contribution in [0.2, 0.25) is 0 Å². The van der Waals surface area contributed by atoms with Gasteiger partial charge >= 0.3 is 5.97 Å². The largest absolute Gasteiger partial charge is 0.484 e. The van der Waals surface area contributed by atoms with Crippen molar-refractivity contribution in [2.45, 2.75) is 26.1 Å². The molecule has 1 aromatic heterocycles. The Morgan fingerprint density at radius 1 is 1.59 bits per heavy atom. The average molecular weight is 308 g/mol. The van der Waals surface area contributed by atoms with Gasteiger partial charge in [0.05, 0.1) is 17.1 Å². The lowest BCUT2D eigenvalue weighted by atomic mass is 9.94. The highest BCUT2D eigenvalue weighted by molar-refractivity contribution is 5.69. The zero-order chi connectivity index (χ0) is 16.3. The maximum atomic E-state index is 11.1. The summed E-state index contributed by atoms with van der Waals surface area (Å²) in [6.45, 7) is 2.68. The first kappa shape index (κ1) is 15.9. The number of aliphatic hydroxyl groups excluding tert-OH is 1. The molecular formula is C14H16N2O6. The summed E-state index contributed by atoms with van der Waals surface area (Å²) < 4.78 is 10.8. The molecule has 3 atom stereocenters. The van der Waals surface area contributed by atoms with Gasteiger partial charge in [-0.2, -0.15) is 0 Å². The van der Waals surface area contributed by atoms with E-state index in [0.29, 0.717) is 0 Å². The standard InChI is InChI=1S/C14H16N2O6/c1-8-5-12(10-3-4-15-6-11(10)16(19)20)22-13(7-17)14(8)21-9(2)18/h3-6,8,13-14,17H,7H2,1-2H3/t8-,13-,14+/m1/s1. The van der Waals surface area contributed by atoms with Crippen LogP contribution in [0.3, 0.4) is 0 Å². The fraction of sp³-hybridized carbons (Fsp3) is 0.429. The van der Waals surface area contributed by atoms with Crippen LogP contribution in [0.5, 0.6) is 0 Å². The van der Waals surface area contributed by atoms with Crippen molar-refractivity contribution < 1.29 is 24.3 Å². The third-order valence-corrected chi connectivity index (χ3v) is 3.32. The number of carbonyl (C=O) groups excluding carboxylic acids is 1. The zero-order valence-electron chi connectivity index (χ0n) is 12.1. The van der Waals surface area contributed by atoms with Gasteiger partial charge in [0.25, 0.3) is 5.69 Å². The van der Waals surface area contributed by atoms with E-state index in [0.717, 1.165) is 6.20 Å². The number of nitro groups is 1. The molecule has 0 spiro atoms. The predicted octanol–water partition coefficient (Wildman–Crippen LogP) is 1.29. The van der Waals surface area contributed by atoms with Gasteiger partial charge in [0.1, 0.15) is 18.1 Å². The lowest BCUT2D eigenvalue weighted by Crippen LogP contribution is -2.42. The monoisotopic (exact) mass is 308 g/mol. The maximum absolute atomic E-state index is 11.1. The number of hydrogen-bond donors (Lipinski definition) is 1. The summed E-state index contributed by atoms with van der Waals surface area (Å²) in [5, 5.41) is 20.5. The van der Waals surface area contributed by atoms with Crippen LogP contribution in [0.4, 0.5) is 5.69 Å². The first-order valence-electron chi connectivity index (χ1n) is 6.69. The third kappa shape index (κ3) is 3.22. The Morgan fingerprint density at radius 3 is 2.91 bits per heavy atom. The molecule has 1 aromatic rings. The van der Waals surface area contributed by atoms with Crippen LogP contribution < -0.4 is 0 Å². The lowest BCUT2D eigenvalue weighted by Gasteiger charge is -2.34. The molecule has 8 heteroatoms. The van der Waals surface area contributed by atoms with Gasteiger partial charge in [-0.3, -0.25) is 19.9 Å². The van der Waals surface area contributed by atoms with Gasteiger partial charge in [-0.1, -0.05) is 6.92 Å². The molecule has 1 aliphatic rings. The normalized spacial score (nSPS) is 24.1. The van der Waals surface area contributed by atoms with Crippen LogP contribution in [-0.2, 0) is 14.3 Å². The molecule has 0 fully saturated rings. The molecule has 0 aliphatic carbocycles. The van der Waals surface area contributed by atoms with E-state index in [-0.39, 0.29) is 29.5 Å². The minimum Gasteiger partial charge on any atom is -0.484 e. The second-order valence-electron chi connectivity index (χ2n) is 4.95. The summed E-state index contributed by atoms with van der Waals surface area (Å²) in [6, 6.07) is 1.47. The summed E-state index contributed by atoms with van der Waals surface area (Å²) in [4.78, 5) is 25.4. The Kier molecular flexibility index (Phi) is 4.71. The molecule has 0 aromatic carbocycles. The van der Waals surface area contributed by atoms with E-state index in [1.807, 2.05) is 0 Å². The molecule has 2 rings (SSSR count). The average Bonchev–Trinajstić information content (AvgIpc) is 2.48. The van der Waals surface area contributed by atoms with Crippen LogP contribution in [0.15, 0.2) is 24.5 Å². The van der Waals surface area contributed by atoms with Crippen LogP contribution in [0, 0.1) is 16.0 Å². The summed E-state index contributed by atoms with van der Waals surface area (Å²) in [5.74, 6) is -0.479. The van der Waals surface area contributed by atoms with E-state index >= 15 is 0 Å². The lowest BCUT2D eigenvalue weighted by molar-refractivity contribution is -0.385. The molecule has 2 heterocycles. The minimum absolute atomic E-state index is 0.191. The molecule has 0 radical (unpaired) electrons. The van der Waals surface area contributed by atoms with Crippen molar-refractivity contribution >= 4 is 17.4 Å². The van der Waals surface area contributed by atoms with E-state index in [2.05, 4.69) is 4.98 Å². The van der Waals surface area contributed by atoms with E-state index in [1.54, 1.807) is 13.0 Å². The molecule has 118 valence electrons. The molecule has 0 amide bonds. The van der Waals surface area contributed by atoms with Crippen LogP contribution in [-0.4, -0.2) is 39.8 Å². The van der Waals surface area contributed by atoms with Crippen LogP contribution in [0.25, 0.3) is 5.76 Å². The SMILES string of the molecule is CC(=O)O[C@H]1[C@H](C)C=C(c2ccncc2[N+](=O)[O-])O[C@@H]1CO. The molecule has 0 bridgehead atoms. The van der Waals surface area contributed by atoms with Gasteiger partial charge in [-0.05, 0) is 12.1 Å². The molecule has 1 aliphatic heterocycles. The first-order valence-corrected chi connectivity index (χ1v) is 6.69.